The third kappa shape index (κ3) is 5.21. The van der Waals surface area contributed by atoms with Gasteiger partial charge in [-0.25, -0.2) is 4.79 Å². The van der Waals surface area contributed by atoms with Crippen LogP contribution in [0.5, 0.6) is 0 Å². The average molecular weight is 215 g/mol. The Labute approximate surface area is 88.7 Å². The second-order valence-electron chi connectivity index (χ2n) is 3.38. The zero-order chi connectivity index (χ0) is 11.1. The monoisotopic (exact) mass is 215 g/mol. The molecule has 0 aromatic carbocycles. The molecule has 15 heavy (non-hydrogen) atoms. The van der Waals surface area contributed by atoms with Crippen molar-refractivity contribution in [3.8, 4) is 0 Å². The van der Waals surface area contributed by atoms with Crippen molar-refractivity contribution in [1.82, 2.24) is 16.0 Å². The van der Waals surface area contributed by atoms with Gasteiger partial charge in [-0.05, 0) is 12.8 Å². The SMILES string of the molecule is CC(=O)NCCNC(=O)NC1CCCO1. The maximum Gasteiger partial charge on any atom is 0.316 e. The molecule has 1 heterocycles. The van der Waals surface area contributed by atoms with Crippen molar-refractivity contribution in [2.45, 2.75) is 26.0 Å². The van der Waals surface area contributed by atoms with Gasteiger partial charge in [-0.1, -0.05) is 0 Å². The number of carbonyl (C=O) groups excluding carboxylic acids is 2. The zero-order valence-electron chi connectivity index (χ0n) is 8.84. The summed E-state index contributed by atoms with van der Waals surface area (Å²) in [5.41, 5.74) is 0. The maximum absolute atomic E-state index is 11.2. The van der Waals surface area contributed by atoms with E-state index in [1.54, 1.807) is 0 Å². The van der Waals surface area contributed by atoms with E-state index in [1.165, 1.54) is 6.92 Å². The molecule has 1 aliphatic heterocycles. The highest BCUT2D eigenvalue weighted by Crippen LogP contribution is 2.08. The zero-order valence-corrected chi connectivity index (χ0v) is 8.84. The number of nitrogens with one attached hydrogen (secondary N) is 3. The highest BCUT2D eigenvalue weighted by molar-refractivity contribution is 5.74. The molecule has 0 aromatic rings. The first-order valence-electron chi connectivity index (χ1n) is 5.09. The van der Waals surface area contributed by atoms with Crippen LogP contribution in [0.2, 0.25) is 0 Å². The number of urea groups is 1. The molecule has 1 unspecified atom stereocenters. The Bertz CT molecular complexity index is 227. The van der Waals surface area contributed by atoms with Gasteiger partial charge in [0.15, 0.2) is 0 Å². The molecular weight excluding hydrogens is 198 g/mol. The molecular formula is C9H17N3O3. The van der Waals surface area contributed by atoms with Crippen LogP contribution in [0.3, 0.4) is 0 Å². The molecule has 0 aliphatic carbocycles. The Morgan fingerprint density at radius 2 is 2.07 bits per heavy atom. The summed E-state index contributed by atoms with van der Waals surface area (Å²) in [6.45, 7) is 3.00. The molecule has 0 saturated carbocycles. The molecule has 0 bridgehead atoms. The van der Waals surface area contributed by atoms with Crippen LogP contribution in [-0.4, -0.2) is 37.9 Å². The molecule has 1 aliphatic rings. The van der Waals surface area contributed by atoms with Crippen molar-refractivity contribution in [3.05, 3.63) is 0 Å². The predicted octanol–water partition coefficient (Wildman–Crippen LogP) is -0.442. The number of hydrogen-bond acceptors (Lipinski definition) is 3. The molecule has 1 fully saturated rings. The van der Waals surface area contributed by atoms with Crippen LogP contribution in [0, 0.1) is 0 Å². The van der Waals surface area contributed by atoms with Crippen LogP contribution in [0.4, 0.5) is 4.79 Å². The van der Waals surface area contributed by atoms with Crippen LogP contribution in [0.15, 0.2) is 0 Å². The van der Waals surface area contributed by atoms with Crippen LogP contribution in [0.1, 0.15) is 19.8 Å². The van der Waals surface area contributed by atoms with Gasteiger partial charge in [0.05, 0.1) is 0 Å². The van der Waals surface area contributed by atoms with Crippen LogP contribution in [-0.2, 0) is 9.53 Å². The van der Waals surface area contributed by atoms with Crippen molar-refractivity contribution >= 4 is 11.9 Å². The first-order valence-corrected chi connectivity index (χ1v) is 5.09. The van der Waals surface area contributed by atoms with Crippen molar-refractivity contribution in [1.29, 1.82) is 0 Å². The van der Waals surface area contributed by atoms with Crippen molar-refractivity contribution in [2.24, 2.45) is 0 Å². The lowest BCUT2D eigenvalue weighted by molar-refractivity contribution is -0.118. The lowest BCUT2D eigenvalue weighted by Crippen LogP contribution is -2.44. The average Bonchev–Trinajstić information content (AvgIpc) is 2.64. The van der Waals surface area contributed by atoms with Gasteiger partial charge in [-0.15, -0.1) is 0 Å². The fraction of sp³-hybridized carbons (Fsp3) is 0.778. The van der Waals surface area contributed by atoms with Crippen molar-refractivity contribution < 1.29 is 14.3 Å². The molecule has 3 N–H and O–H groups in total. The van der Waals surface area contributed by atoms with Crippen LogP contribution in [0.25, 0.3) is 0 Å². The van der Waals surface area contributed by atoms with Crippen molar-refractivity contribution in [2.75, 3.05) is 19.7 Å². The minimum atomic E-state index is -0.257. The maximum atomic E-state index is 11.2. The van der Waals surface area contributed by atoms with E-state index in [2.05, 4.69) is 16.0 Å². The summed E-state index contributed by atoms with van der Waals surface area (Å²) < 4.78 is 5.23. The summed E-state index contributed by atoms with van der Waals surface area (Å²) in [5.74, 6) is -0.101. The quantitative estimate of drug-likeness (QED) is 0.556. The van der Waals surface area contributed by atoms with E-state index in [0.717, 1.165) is 12.8 Å². The molecule has 1 saturated heterocycles. The molecule has 1 rings (SSSR count). The van der Waals surface area contributed by atoms with Crippen LogP contribution < -0.4 is 16.0 Å². The Hall–Kier alpha value is -1.30. The van der Waals surface area contributed by atoms with Crippen LogP contribution >= 0.6 is 0 Å². The Balaban J connectivity index is 2.00. The predicted molar refractivity (Wildman–Crippen MR) is 54.2 cm³/mol. The summed E-state index contributed by atoms with van der Waals surface area (Å²) in [6, 6.07) is -0.257. The van der Waals surface area contributed by atoms with Gasteiger partial charge in [0, 0.05) is 26.6 Å². The van der Waals surface area contributed by atoms with Crippen molar-refractivity contribution in [3.63, 3.8) is 0 Å². The summed E-state index contributed by atoms with van der Waals surface area (Å²) in [7, 11) is 0. The summed E-state index contributed by atoms with van der Waals surface area (Å²) >= 11 is 0. The fourth-order valence-corrected chi connectivity index (χ4v) is 1.30. The first-order chi connectivity index (χ1) is 7.18. The topological polar surface area (TPSA) is 79.5 Å². The van der Waals surface area contributed by atoms with E-state index in [0.29, 0.717) is 19.7 Å². The van der Waals surface area contributed by atoms with E-state index in [-0.39, 0.29) is 18.2 Å². The van der Waals surface area contributed by atoms with E-state index in [9.17, 15) is 9.59 Å². The molecule has 6 nitrogen and oxygen atoms in total. The number of carbonyl (C=O) groups is 2. The molecule has 0 radical (unpaired) electrons. The molecule has 1 atom stereocenters. The summed E-state index contributed by atoms with van der Waals surface area (Å²) in [4.78, 5) is 21.7. The number of ether oxygens (including phenoxy) is 1. The van der Waals surface area contributed by atoms with Gasteiger partial charge in [-0.3, -0.25) is 4.79 Å². The van der Waals surface area contributed by atoms with E-state index < -0.39 is 0 Å². The largest absolute Gasteiger partial charge is 0.358 e. The minimum absolute atomic E-state index is 0.101. The van der Waals surface area contributed by atoms with Gasteiger partial charge in [0.2, 0.25) is 5.91 Å². The molecule has 6 heteroatoms. The second-order valence-corrected chi connectivity index (χ2v) is 3.38. The third-order valence-electron chi connectivity index (χ3n) is 2.01. The molecule has 0 aromatic heterocycles. The van der Waals surface area contributed by atoms with Gasteiger partial charge in [-0.2, -0.15) is 0 Å². The Morgan fingerprint density at radius 3 is 2.67 bits per heavy atom. The fourth-order valence-electron chi connectivity index (χ4n) is 1.30. The van der Waals surface area contributed by atoms with Gasteiger partial charge < -0.3 is 20.7 Å². The van der Waals surface area contributed by atoms with Gasteiger partial charge in [0.25, 0.3) is 0 Å². The minimum Gasteiger partial charge on any atom is -0.358 e. The lowest BCUT2D eigenvalue weighted by Gasteiger charge is -2.12. The van der Waals surface area contributed by atoms with E-state index in [4.69, 9.17) is 4.74 Å². The normalized spacial score (nSPS) is 19.7. The molecule has 86 valence electrons. The number of rotatable bonds is 4. The van der Waals surface area contributed by atoms with E-state index in [1.807, 2.05) is 0 Å². The summed E-state index contributed by atoms with van der Waals surface area (Å²) in [5, 5.41) is 7.88. The third-order valence-corrected chi connectivity index (χ3v) is 2.01. The van der Waals surface area contributed by atoms with Gasteiger partial charge in [0.1, 0.15) is 6.23 Å². The first kappa shape index (κ1) is 11.8. The number of hydrogen-bond donors (Lipinski definition) is 3. The van der Waals surface area contributed by atoms with Gasteiger partial charge >= 0.3 is 6.03 Å². The summed E-state index contributed by atoms with van der Waals surface area (Å²) in [6.07, 6.45) is 1.68. The molecule has 3 amide bonds. The second kappa shape index (κ2) is 6.23. The number of amides is 3. The molecule has 0 spiro atoms. The highest BCUT2D eigenvalue weighted by Gasteiger charge is 2.16. The standard InChI is InChI=1S/C9H17N3O3/c1-7(13)10-4-5-11-9(14)12-8-3-2-6-15-8/h8H,2-6H2,1H3,(H,10,13)(H2,11,12,14). The Morgan fingerprint density at radius 1 is 1.33 bits per heavy atom. The van der Waals surface area contributed by atoms with E-state index >= 15 is 0 Å². The highest BCUT2D eigenvalue weighted by atomic mass is 16.5. The lowest BCUT2D eigenvalue weighted by atomic mass is 10.3. The smallest absolute Gasteiger partial charge is 0.316 e. The Kier molecular flexibility index (Phi) is 4.89.